The van der Waals surface area contributed by atoms with Crippen molar-refractivity contribution in [1.29, 1.82) is 0 Å². The number of hydrogen-bond acceptors (Lipinski definition) is 1. The first-order chi connectivity index (χ1) is 6.27. The van der Waals surface area contributed by atoms with Gasteiger partial charge < -0.3 is 5.32 Å². The van der Waals surface area contributed by atoms with Gasteiger partial charge in [0.25, 0.3) is 0 Å². The Balaban J connectivity index is 2.13. The second-order valence-electron chi connectivity index (χ2n) is 4.65. The largest absolute Gasteiger partial charge is 0.317 e. The lowest BCUT2D eigenvalue weighted by molar-refractivity contribution is 0.140. The van der Waals surface area contributed by atoms with E-state index >= 15 is 0 Å². The maximum atomic E-state index is 3.47. The van der Waals surface area contributed by atoms with Crippen molar-refractivity contribution in [3.63, 3.8) is 0 Å². The summed E-state index contributed by atoms with van der Waals surface area (Å²) in [5.41, 5.74) is 0. The van der Waals surface area contributed by atoms with Crippen molar-refractivity contribution in [1.82, 2.24) is 5.32 Å². The minimum atomic E-state index is 0.939. The van der Waals surface area contributed by atoms with Crippen LogP contribution in [0.25, 0.3) is 0 Å². The van der Waals surface area contributed by atoms with Crippen molar-refractivity contribution < 1.29 is 0 Å². The fourth-order valence-electron chi connectivity index (χ4n) is 2.23. The fraction of sp³-hybridized carbons (Fsp3) is 1.00. The third kappa shape index (κ3) is 3.30. The van der Waals surface area contributed by atoms with Crippen LogP contribution in [0.1, 0.15) is 46.5 Å². The zero-order valence-corrected chi connectivity index (χ0v) is 9.47. The van der Waals surface area contributed by atoms with Gasteiger partial charge in [-0.05, 0) is 50.1 Å². The molecule has 0 spiro atoms. The van der Waals surface area contributed by atoms with Crippen molar-refractivity contribution in [2.45, 2.75) is 46.5 Å². The third-order valence-electron chi connectivity index (χ3n) is 3.63. The number of nitrogens with one attached hydrogen (secondary N) is 1. The van der Waals surface area contributed by atoms with Crippen LogP contribution < -0.4 is 5.32 Å². The van der Waals surface area contributed by atoms with Gasteiger partial charge in [-0.15, -0.1) is 0 Å². The van der Waals surface area contributed by atoms with Gasteiger partial charge in [0.15, 0.2) is 0 Å². The van der Waals surface area contributed by atoms with Crippen LogP contribution in [0.15, 0.2) is 0 Å². The Kier molecular flexibility index (Phi) is 4.79. The van der Waals surface area contributed by atoms with Gasteiger partial charge in [-0.2, -0.15) is 0 Å². The highest BCUT2D eigenvalue weighted by Crippen LogP contribution is 2.38. The van der Waals surface area contributed by atoms with Crippen LogP contribution in [0.2, 0.25) is 0 Å². The predicted molar refractivity (Wildman–Crippen MR) is 58.8 cm³/mol. The molecule has 0 bridgehead atoms. The highest BCUT2D eigenvalue weighted by atomic mass is 14.9. The van der Waals surface area contributed by atoms with E-state index in [2.05, 4.69) is 26.1 Å². The molecule has 78 valence electrons. The molecule has 1 rings (SSSR count). The minimum Gasteiger partial charge on any atom is -0.317 e. The second kappa shape index (κ2) is 5.64. The Morgan fingerprint density at radius 2 is 1.92 bits per heavy atom. The van der Waals surface area contributed by atoms with E-state index in [0.717, 1.165) is 24.3 Å². The molecule has 1 aliphatic rings. The number of hydrogen-bond donors (Lipinski definition) is 1. The molecule has 0 heterocycles. The summed E-state index contributed by atoms with van der Waals surface area (Å²) < 4.78 is 0. The van der Waals surface area contributed by atoms with E-state index in [1.807, 2.05) is 0 Å². The summed E-state index contributed by atoms with van der Waals surface area (Å²) in [6.07, 6.45) is 5.77. The summed E-state index contributed by atoms with van der Waals surface area (Å²) in [6.45, 7) is 9.29. The van der Waals surface area contributed by atoms with Crippen LogP contribution >= 0.6 is 0 Å². The maximum absolute atomic E-state index is 3.47. The number of rotatable bonds is 6. The standard InChI is InChI=1S/C12H25N/c1-4-10(3)8-11-6-7-12(11)9-13-5-2/h10-13H,4-9H2,1-3H3. The molecule has 1 nitrogen and oxygen atoms in total. The van der Waals surface area contributed by atoms with Crippen LogP contribution in [-0.2, 0) is 0 Å². The van der Waals surface area contributed by atoms with Crippen molar-refractivity contribution in [2.75, 3.05) is 13.1 Å². The van der Waals surface area contributed by atoms with E-state index < -0.39 is 0 Å². The summed E-state index contributed by atoms with van der Waals surface area (Å²) in [5.74, 6) is 2.97. The summed E-state index contributed by atoms with van der Waals surface area (Å²) in [4.78, 5) is 0. The lowest BCUT2D eigenvalue weighted by Gasteiger charge is -2.38. The average molecular weight is 183 g/mol. The molecule has 0 radical (unpaired) electrons. The van der Waals surface area contributed by atoms with Gasteiger partial charge in [0.2, 0.25) is 0 Å². The van der Waals surface area contributed by atoms with Crippen LogP contribution in [0.4, 0.5) is 0 Å². The van der Waals surface area contributed by atoms with Gasteiger partial charge in [-0.3, -0.25) is 0 Å². The normalized spacial score (nSPS) is 29.8. The molecule has 3 atom stereocenters. The van der Waals surface area contributed by atoms with Gasteiger partial charge in [0.1, 0.15) is 0 Å². The third-order valence-corrected chi connectivity index (χ3v) is 3.63. The molecule has 13 heavy (non-hydrogen) atoms. The average Bonchev–Trinajstić information content (AvgIpc) is 2.12. The molecule has 0 amide bonds. The Morgan fingerprint density at radius 3 is 2.38 bits per heavy atom. The molecule has 1 heteroatoms. The molecule has 0 aromatic heterocycles. The molecule has 3 unspecified atom stereocenters. The first-order valence-electron chi connectivity index (χ1n) is 5.98. The summed E-state index contributed by atoms with van der Waals surface area (Å²) >= 11 is 0. The fourth-order valence-corrected chi connectivity index (χ4v) is 2.23. The first kappa shape index (κ1) is 11.0. The molecule has 0 aromatic rings. The molecule has 1 fully saturated rings. The Morgan fingerprint density at radius 1 is 1.23 bits per heavy atom. The van der Waals surface area contributed by atoms with Crippen molar-refractivity contribution in [3.05, 3.63) is 0 Å². The first-order valence-corrected chi connectivity index (χ1v) is 5.98. The van der Waals surface area contributed by atoms with E-state index in [-0.39, 0.29) is 0 Å². The maximum Gasteiger partial charge on any atom is -0.00180 e. The highest BCUT2D eigenvalue weighted by molar-refractivity contribution is 4.83. The lowest BCUT2D eigenvalue weighted by Crippen LogP contribution is -2.36. The quantitative estimate of drug-likeness (QED) is 0.667. The van der Waals surface area contributed by atoms with Crippen LogP contribution in [-0.4, -0.2) is 13.1 Å². The van der Waals surface area contributed by atoms with E-state index in [1.165, 1.54) is 32.2 Å². The molecule has 0 saturated heterocycles. The molecule has 1 N–H and O–H groups in total. The second-order valence-corrected chi connectivity index (χ2v) is 4.65. The van der Waals surface area contributed by atoms with Crippen LogP contribution in [0.3, 0.4) is 0 Å². The Bertz CT molecular complexity index is 133. The van der Waals surface area contributed by atoms with Gasteiger partial charge in [-0.25, -0.2) is 0 Å². The molecular formula is C12H25N. The van der Waals surface area contributed by atoms with Crippen LogP contribution in [0.5, 0.6) is 0 Å². The Hall–Kier alpha value is -0.0400. The zero-order valence-electron chi connectivity index (χ0n) is 9.47. The predicted octanol–water partition coefficient (Wildman–Crippen LogP) is 3.06. The summed E-state index contributed by atoms with van der Waals surface area (Å²) in [5, 5.41) is 3.47. The lowest BCUT2D eigenvalue weighted by atomic mass is 9.69. The van der Waals surface area contributed by atoms with E-state index in [9.17, 15) is 0 Å². The summed E-state index contributed by atoms with van der Waals surface area (Å²) in [7, 11) is 0. The Labute approximate surface area is 83.3 Å². The topological polar surface area (TPSA) is 12.0 Å². The SMILES string of the molecule is CCNCC1CCC1CC(C)CC. The smallest absolute Gasteiger partial charge is 0.00180 e. The van der Waals surface area contributed by atoms with Gasteiger partial charge in [-0.1, -0.05) is 27.2 Å². The van der Waals surface area contributed by atoms with Gasteiger partial charge >= 0.3 is 0 Å². The molecule has 1 aliphatic carbocycles. The minimum absolute atomic E-state index is 0.939. The highest BCUT2D eigenvalue weighted by Gasteiger charge is 2.30. The van der Waals surface area contributed by atoms with Gasteiger partial charge in [0.05, 0.1) is 0 Å². The van der Waals surface area contributed by atoms with Crippen molar-refractivity contribution in [2.24, 2.45) is 17.8 Å². The molecule has 0 aliphatic heterocycles. The van der Waals surface area contributed by atoms with E-state index in [0.29, 0.717) is 0 Å². The van der Waals surface area contributed by atoms with Crippen molar-refractivity contribution >= 4 is 0 Å². The van der Waals surface area contributed by atoms with Crippen molar-refractivity contribution in [3.8, 4) is 0 Å². The van der Waals surface area contributed by atoms with E-state index in [4.69, 9.17) is 0 Å². The van der Waals surface area contributed by atoms with Crippen LogP contribution in [0, 0.1) is 17.8 Å². The molecular weight excluding hydrogens is 158 g/mol. The zero-order chi connectivity index (χ0) is 9.68. The summed E-state index contributed by atoms with van der Waals surface area (Å²) in [6, 6.07) is 0. The van der Waals surface area contributed by atoms with Gasteiger partial charge in [0, 0.05) is 0 Å². The van der Waals surface area contributed by atoms with E-state index in [1.54, 1.807) is 0 Å². The monoisotopic (exact) mass is 183 g/mol. The molecule has 0 aromatic carbocycles. The molecule has 1 saturated carbocycles.